The van der Waals surface area contributed by atoms with Gasteiger partial charge in [0.15, 0.2) is 0 Å². The highest BCUT2D eigenvalue weighted by Gasteiger charge is 2.41. The molecule has 1 aliphatic heterocycles. The lowest BCUT2D eigenvalue weighted by Crippen LogP contribution is -2.42. The van der Waals surface area contributed by atoms with Crippen molar-refractivity contribution >= 4 is 11.6 Å². The molecule has 0 N–H and O–H groups in total. The van der Waals surface area contributed by atoms with Crippen molar-refractivity contribution < 1.29 is 4.74 Å². The Bertz CT molecular complexity index is 500. The molecule has 1 spiro atoms. The van der Waals surface area contributed by atoms with Gasteiger partial charge in [-0.1, -0.05) is 18.0 Å². The van der Waals surface area contributed by atoms with E-state index in [1.54, 1.807) is 0 Å². The highest BCUT2D eigenvalue weighted by molar-refractivity contribution is 6.30. The average Bonchev–Trinajstić information content (AvgIpc) is 2.39. The summed E-state index contributed by atoms with van der Waals surface area (Å²) in [6.45, 7) is 0. The fraction of sp³-hybridized carbons (Fsp3) is 0.533. The second-order valence-corrected chi connectivity index (χ2v) is 5.85. The molecule has 1 aromatic carbocycles. The predicted octanol–water partition coefficient (Wildman–Crippen LogP) is 4.43. The second kappa shape index (κ2) is 4.48. The molecule has 1 saturated carbocycles. The van der Waals surface area contributed by atoms with Crippen LogP contribution in [0.1, 0.15) is 50.0 Å². The molecule has 0 saturated heterocycles. The third-order valence-electron chi connectivity index (χ3n) is 4.17. The van der Waals surface area contributed by atoms with Crippen molar-refractivity contribution in [2.24, 2.45) is 0 Å². The zero-order valence-corrected chi connectivity index (χ0v) is 11.0. The number of rotatable bonds is 0. The first kappa shape index (κ1) is 11.9. The number of hydrogen-bond acceptors (Lipinski definition) is 2. The summed E-state index contributed by atoms with van der Waals surface area (Å²) in [6, 6.07) is 8.05. The minimum absolute atomic E-state index is 0.0782. The predicted molar refractivity (Wildman–Crippen MR) is 70.9 cm³/mol. The first-order valence-corrected chi connectivity index (χ1v) is 6.98. The van der Waals surface area contributed by atoms with E-state index in [-0.39, 0.29) is 11.5 Å². The first-order valence-electron chi connectivity index (χ1n) is 6.61. The van der Waals surface area contributed by atoms with Crippen LogP contribution in [-0.2, 0) is 0 Å². The Balaban J connectivity index is 1.99. The van der Waals surface area contributed by atoms with Gasteiger partial charge in [0.2, 0.25) is 0 Å². The Labute approximate surface area is 113 Å². The van der Waals surface area contributed by atoms with Gasteiger partial charge in [0.1, 0.15) is 11.4 Å². The van der Waals surface area contributed by atoms with Crippen LogP contribution in [0.3, 0.4) is 0 Å². The average molecular weight is 262 g/mol. The maximum atomic E-state index is 9.39. The number of nitrogens with zero attached hydrogens (tertiary/aromatic N) is 1. The largest absolute Gasteiger partial charge is 0.487 e. The Kier molecular flexibility index (Phi) is 2.95. The summed E-state index contributed by atoms with van der Waals surface area (Å²) in [7, 11) is 0. The molecule has 0 radical (unpaired) electrons. The van der Waals surface area contributed by atoms with Crippen molar-refractivity contribution in [3.63, 3.8) is 0 Å². The van der Waals surface area contributed by atoms with Crippen LogP contribution in [0.25, 0.3) is 0 Å². The summed E-state index contributed by atoms with van der Waals surface area (Å²) in [4.78, 5) is 0. The topological polar surface area (TPSA) is 33.0 Å². The standard InChI is InChI=1S/C15H16ClNO/c16-12-4-5-14-13(8-12)11(10-17)9-15(18-14)6-2-1-3-7-15/h4-5,8,11H,1-3,6-7,9H2. The first-order chi connectivity index (χ1) is 8.72. The van der Waals surface area contributed by atoms with E-state index in [1.165, 1.54) is 19.3 Å². The smallest absolute Gasteiger partial charge is 0.124 e. The summed E-state index contributed by atoms with van der Waals surface area (Å²) in [5.41, 5.74) is 0.862. The molecule has 18 heavy (non-hydrogen) atoms. The Morgan fingerprint density at radius 3 is 2.78 bits per heavy atom. The third kappa shape index (κ3) is 1.97. The lowest BCUT2D eigenvalue weighted by Gasteiger charge is -2.43. The highest BCUT2D eigenvalue weighted by Crippen LogP contribution is 2.47. The molecule has 2 aliphatic rings. The van der Waals surface area contributed by atoms with Gasteiger partial charge in [-0.2, -0.15) is 5.26 Å². The second-order valence-electron chi connectivity index (χ2n) is 5.41. The number of benzene rings is 1. The molecule has 0 aromatic heterocycles. The molecule has 1 aliphatic carbocycles. The monoisotopic (exact) mass is 261 g/mol. The minimum Gasteiger partial charge on any atom is -0.487 e. The van der Waals surface area contributed by atoms with E-state index < -0.39 is 0 Å². The molecular formula is C15H16ClNO. The Morgan fingerprint density at radius 1 is 1.28 bits per heavy atom. The summed E-state index contributed by atoms with van der Waals surface area (Å²) in [5.74, 6) is 0.782. The van der Waals surface area contributed by atoms with Crippen LogP contribution in [-0.4, -0.2) is 5.60 Å². The van der Waals surface area contributed by atoms with Crippen LogP contribution in [0.4, 0.5) is 0 Å². The van der Waals surface area contributed by atoms with Crippen LogP contribution in [0.5, 0.6) is 5.75 Å². The fourth-order valence-electron chi connectivity index (χ4n) is 3.26. The van der Waals surface area contributed by atoms with Gasteiger partial charge in [-0.25, -0.2) is 0 Å². The van der Waals surface area contributed by atoms with E-state index in [0.717, 1.165) is 30.6 Å². The highest BCUT2D eigenvalue weighted by atomic mass is 35.5. The zero-order valence-electron chi connectivity index (χ0n) is 10.3. The number of nitriles is 1. The lowest BCUT2D eigenvalue weighted by molar-refractivity contribution is 0.00674. The van der Waals surface area contributed by atoms with Gasteiger partial charge in [-0.3, -0.25) is 0 Å². The van der Waals surface area contributed by atoms with Crippen molar-refractivity contribution in [3.8, 4) is 11.8 Å². The quantitative estimate of drug-likeness (QED) is 0.692. The summed E-state index contributed by atoms with van der Waals surface area (Å²) < 4.78 is 6.24. The molecular weight excluding hydrogens is 246 g/mol. The van der Waals surface area contributed by atoms with Crippen LogP contribution < -0.4 is 4.74 Å². The maximum absolute atomic E-state index is 9.39. The van der Waals surface area contributed by atoms with Crippen molar-refractivity contribution in [1.82, 2.24) is 0 Å². The fourth-order valence-corrected chi connectivity index (χ4v) is 3.44. The summed E-state index contributed by atoms with van der Waals surface area (Å²) in [6.07, 6.45) is 6.68. The Hall–Kier alpha value is -1.20. The van der Waals surface area contributed by atoms with Gasteiger partial charge in [0, 0.05) is 17.0 Å². The molecule has 1 fully saturated rings. The normalized spacial score (nSPS) is 25.0. The van der Waals surface area contributed by atoms with Crippen molar-refractivity contribution in [2.75, 3.05) is 0 Å². The zero-order chi connectivity index (χ0) is 12.6. The maximum Gasteiger partial charge on any atom is 0.124 e. The molecule has 1 atom stereocenters. The number of halogens is 1. The van der Waals surface area contributed by atoms with E-state index in [9.17, 15) is 5.26 Å². The van der Waals surface area contributed by atoms with Gasteiger partial charge in [-0.05, 0) is 43.9 Å². The van der Waals surface area contributed by atoms with E-state index in [2.05, 4.69) is 6.07 Å². The van der Waals surface area contributed by atoms with Crippen LogP contribution in [0.2, 0.25) is 5.02 Å². The number of hydrogen-bond donors (Lipinski definition) is 0. The molecule has 1 unspecified atom stereocenters. The van der Waals surface area contributed by atoms with Crippen molar-refractivity contribution in [2.45, 2.75) is 50.0 Å². The SMILES string of the molecule is N#CC1CC2(CCCCC2)Oc2ccc(Cl)cc21. The van der Waals surface area contributed by atoms with Gasteiger partial charge >= 0.3 is 0 Å². The van der Waals surface area contributed by atoms with Crippen LogP contribution in [0.15, 0.2) is 18.2 Å². The number of ether oxygens (including phenoxy) is 1. The van der Waals surface area contributed by atoms with E-state index >= 15 is 0 Å². The minimum atomic E-state index is -0.0977. The van der Waals surface area contributed by atoms with Gasteiger partial charge in [-0.15, -0.1) is 0 Å². The van der Waals surface area contributed by atoms with Crippen molar-refractivity contribution in [1.29, 1.82) is 5.26 Å². The van der Waals surface area contributed by atoms with E-state index in [4.69, 9.17) is 16.3 Å². The Morgan fingerprint density at radius 2 is 2.06 bits per heavy atom. The molecule has 3 rings (SSSR count). The molecule has 3 heteroatoms. The molecule has 2 nitrogen and oxygen atoms in total. The van der Waals surface area contributed by atoms with E-state index in [1.807, 2.05) is 18.2 Å². The van der Waals surface area contributed by atoms with Crippen molar-refractivity contribution in [3.05, 3.63) is 28.8 Å². The molecule has 1 aromatic rings. The third-order valence-corrected chi connectivity index (χ3v) is 4.41. The molecule has 94 valence electrons. The van der Waals surface area contributed by atoms with Gasteiger partial charge in [0.05, 0.1) is 12.0 Å². The molecule has 0 bridgehead atoms. The summed E-state index contributed by atoms with van der Waals surface area (Å²) in [5, 5.41) is 10.1. The molecule has 1 heterocycles. The van der Waals surface area contributed by atoms with Gasteiger partial charge < -0.3 is 4.74 Å². The number of fused-ring (bicyclic) bond motifs is 1. The van der Waals surface area contributed by atoms with E-state index in [0.29, 0.717) is 5.02 Å². The lowest BCUT2D eigenvalue weighted by atomic mass is 9.75. The summed E-state index contributed by atoms with van der Waals surface area (Å²) >= 11 is 6.01. The van der Waals surface area contributed by atoms with Crippen LogP contribution >= 0.6 is 11.6 Å². The van der Waals surface area contributed by atoms with Crippen LogP contribution in [0, 0.1) is 11.3 Å². The molecule has 0 amide bonds. The van der Waals surface area contributed by atoms with Gasteiger partial charge in [0.25, 0.3) is 0 Å².